The van der Waals surface area contributed by atoms with E-state index in [1.54, 1.807) is 6.20 Å². The van der Waals surface area contributed by atoms with E-state index < -0.39 is 0 Å². The Kier molecular flexibility index (Phi) is 6.06. The summed E-state index contributed by atoms with van der Waals surface area (Å²) in [5, 5.41) is 7.84. The van der Waals surface area contributed by atoms with Gasteiger partial charge in [-0.05, 0) is 55.0 Å². The highest BCUT2D eigenvalue weighted by atomic mass is 16.2. The van der Waals surface area contributed by atoms with Gasteiger partial charge in [0, 0.05) is 54.5 Å². The Morgan fingerprint density at radius 3 is 2.59 bits per heavy atom. The van der Waals surface area contributed by atoms with Crippen LogP contribution in [0.3, 0.4) is 0 Å². The molecule has 1 amide bonds. The lowest BCUT2D eigenvalue weighted by molar-refractivity contribution is -0.137. The maximum absolute atomic E-state index is 13.4. The van der Waals surface area contributed by atoms with Gasteiger partial charge in [0.25, 0.3) is 0 Å². The van der Waals surface area contributed by atoms with Crippen molar-refractivity contribution in [2.75, 3.05) is 13.1 Å². The molecule has 1 aliphatic carbocycles. The van der Waals surface area contributed by atoms with E-state index in [1.165, 1.54) is 24.0 Å². The molecule has 1 N–H and O–H groups in total. The van der Waals surface area contributed by atoms with Gasteiger partial charge >= 0.3 is 0 Å². The van der Waals surface area contributed by atoms with Crippen LogP contribution in [-0.2, 0) is 11.2 Å². The van der Waals surface area contributed by atoms with Crippen molar-refractivity contribution in [1.82, 2.24) is 20.1 Å². The second-order valence-corrected chi connectivity index (χ2v) is 9.40. The summed E-state index contributed by atoms with van der Waals surface area (Å²) in [6.07, 6.45) is 10.2. The lowest BCUT2D eigenvalue weighted by Gasteiger charge is -2.39. The highest BCUT2D eigenvalue weighted by Gasteiger charge is 2.36. The zero-order chi connectivity index (χ0) is 21.9. The fourth-order valence-electron chi connectivity index (χ4n) is 5.41. The Hall–Kier alpha value is -2.95. The van der Waals surface area contributed by atoms with E-state index in [2.05, 4.69) is 57.3 Å². The number of pyridine rings is 1. The summed E-state index contributed by atoms with van der Waals surface area (Å²) in [7, 11) is 0. The van der Waals surface area contributed by atoms with Crippen LogP contribution in [0.4, 0.5) is 0 Å². The summed E-state index contributed by atoms with van der Waals surface area (Å²) < 4.78 is 0. The van der Waals surface area contributed by atoms with Crippen LogP contribution in [0.2, 0.25) is 0 Å². The number of hydrogen-bond donors (Lipinski definition) is 1. The summed E-state index contributed by atoms with van der Waals surface area (Å²) in [6, 6.07) is 15.1. The molecule has 2 aliphatic rings. The number of amides is 1. The maximum atomic E-state index is 13.4. The summed E-state index contributed by atoms with van der Waals surface area (Å²) in [5.74, 6) is 1.16. The number of aromatic amines is 1. The van der Waals surface area contributed by atoms with E-state index in [9.17, 15) is 4.79 Å². The van der Waals surface area contributed by atoms with Gasteiger partial charge in [0.1, 0.15) is 0 Å². The average molecular weight is 429 g/mol. The highest BCUT2D eigenvalue weighted by molar-refractivity contribution is 5.79. The Labute approximate surface area is 190 Å². The summed E-state index contributed by atoms with van der Waals surface area (Å²) in [6.45, 7) is 3.78. The number of carbonyl (C=O) groups excluding carboxylic acids is 1. The number of H-pyrrole nitrogens is 1. The maximum Gasteiger partial charge on any atom is 0.225 e. The molecule has 0 spiro atoms. The van der Waals surface area contributed by atoms with Crippen LogP contribution in [0.25, 0.3) is 11.3 Å². The first-order valence-corrected chi connectivity index (χ1v) is 12.0. The number of aryl methyl sites for hydroxylation is 1. The molecule has 1 aromatic carbocycles. The minimum Gasteiger partial charge on any atom is -0.341 e. The second-order valence-electron chi connectivity index (χ2n) is 9.40. The molecular formula is C27H32N4O. The molecule has 5 rings (SSSR count). The van der Waals surface area contributed by atoms with Crippen LogP contribution in [0.1, 0.15) is 67.7 Å². The molecule has 2 aromatic heterocycles. The van der Waals surface area contributed by atoms with Gasteiger partial charge in [0.05, 0.1) is 5.69 Å². The largest absolute Gasteiger partial charge is 0.341 e. The first-order valence-electron chi connectivity index (χ1n) is 12.0. The monoisotopic (exact) mass is 428 g/mol. The Balaban J connectivity index is 1.41. The average Bonchev–Trinajstić information content (AvgIpc) is 3.57. The van der Waals surface area contributed by atoms with Crippen molar-refractivity contribution in [3.05, 3.63) is 71.7 Å². The van der Waals surface area contributed by atoms with Gasteiger partial charge in [-0.2, -0.15) is 5.10 Å². The first kappa shape index (κ1) is 20.9. The normalized spacial score (nSPS) is 21.7. The van der Waals surface area contributed by atoms with E-state index >= 15 is 0 Å². The molecule has 3 heterocycles. The minimum absolute atomic E-state index is 0.213. The number of aromatic nitrogens is 3. The SMILES string of the molecule is CCc1ccc(C2CC(c3cc(-c4cccnc4)n[nH]3)CN(C(=O)C3CCCC3)C2)cc1. The van der Waals surface area contributed by atoms with Crippen molar-refractivity contribution in [1.29, 1.82) is 0 Å². The number of likely N-dealkylation sites (tertiary alicyclic amines) is 1. The molecule has 5 heteroatoms. The number of benzene rings is 1. The predicted octanol–water partition coefficient (Wildman–Crippen LogP) is 5.32. The van der Waals surface area contributed by atoms with Gasteiger partial charge in [-0.15, -0.1) is 0 Å². The van der Waals surface area contributed by atoms with E-state index in [0.717, 1.165) is 55.7 Å². The highest BCUT2D eigenvalue weighted by Crippen LogP contribution is 2.38. The molecule has 1 saturated carbocycles. The summed E-state index contributed by atoms with van der Waals surface area (Å²) in [5.41, 5.74) is 5.73. The molecule has 1 aliphatic heterocycles. The van der Waals surface area contributed by atoms with Crippen LogP contribution >= 0.6 is 0 Å². The molecular weight excluding hydrogens is 396 g/mol. The van der Waals surface area contributed by atoms with Crippen molar-refractivity contribution in [3.63, 3.8) is 0 Å². The number of hydrogen-bond acceptors (Lipinski definition) is 3. The molecule has 5 nitrogen and oxygen atoms in total. The van der Waals surface area contributed by atoms with E-state index in [0.29, 0.717) is 11.8 Å². The molecule has 3 aromatic rings. The lowest BCUT2D eigenvalue weighted by Crippen LogP contribution is -2.44. The molecule has 32 heavy (non-hydrogen) atoms. The van der Waals surface area contributed by atoms with Crippen molar-refractivity contribution < 1.29 is 4.79 Å². The fraction of sp³-hybridized carbons (Fsp3) is 0.444. The Bertz CT molecular complexity index is 1040. The molecule has 166 valence electrons. The third kappa shape index (κ3) is 4.34. The molecule has 2 atom stereocenters. The number of rotatable bonds is 5. The van der Waals surface area contributed by atoms with Gasteiger partial charge in [-0.3, -0.25) is 14.9 Å². The van der Waals surface area contributed by atoms with E-state index in [4.69, 9.17) is 0 Å². The fourth-order valence-corrected chi connectivity index (χ4v) is 5.41. The van der Waals surface area contributed by atoms with Crippen molar-refractivity contribution in [2.45, 2.75) is 57.3 Å². The standard InChI is InChI=1S/C27H32N4O/c1-2-19-9-11-20(12-10-19)23-14-24(18-31(17-23)27(32)21-6-3-4-7-21)26-15-25(29-30-26)22-8-5-13-28-16-22/h5,8-13,15-16,21,23-24H,2-4,6-7,14,17-18H2,1H3,(H,29,30). The van der Waals surface area contributed by atoms with E-state index in [-0.39, 0.29) is 11.8 Å². The molecule has 1 saturated heterocycles. The first-order chi connectivity index (χ1) is 15.7. The Morgan fingerprint density at radius 1 is 1.09 bits per heavy atom. The van der Waals surface area contributed by atoms with Gasteiger partial charge in [-0.25, -0.2) is 0 Å². The number of carbonyl (C=O) groups is 1. The van der Waals surface area contributed by atoms with Crippen molar-refractivity contribution in [3.8, 4) is 11.3 Å². The van der Waals surface area contributed by atoms with E-state index in [1.807, 2.05) is 18.3 Å². The van der Waals surface area contributed by atoms with Crippen molar-refractivity contribution in [2.24, 2.45) is 5.92 Å². The topological polar surface area (TPSA) is 61.9 Å². The summed E-state index contributed by atoms with van der Waals surface area (Å²) in [4.78, 5) is 19.7. The van der Waals surface area contributed by atoms with Gasteiger partial charge in [0.2, 0.25) is 5.91 Å². The molecule has 0 bridgehead atoms. The number of nitrogens with zero attached hydrogens (tertiary/aromatic N) is 3. The lowest BCUT2D eigenvalue weighted by atomic mass is 9.82. The zero-order valence-electron chi connectivity index (χ0n) is 18.8. The van der Waals surface area contributed by atoms with Crippen LogP contribution in [0.5, 0.6) is 0 Å². The van der Waals surface area contributed by atoms with Crippen LogP contribution in [0.15, 0.2) is 54.9 Å². The number of nitrogens with one attached hydrogen (secondary N) is 1. The van der Waals surface area contributed by atoms with Crippen LogP contribution in [-0.4, -0.2) is 39.1 Å². The zero-order valence-corrected chi connectivity index (χ0v) is 18.8. The predicted molar refractivity (Wildman–Crippen MR) is 126 cm³/mol. The second kappa shape index (κ2) is 9.27. The molecule has 2 unspecified atom stereocenters. The van der Waals surface area contributed by atoms with Gasteiger partial charge in [0.15, 0.2) is 0 Å². The number of piperidine rings is 1. The quantitative estimate of drug-likeness (QED) is 0.598. The van der Waals surface area contributed by atoms with Crippen LogP contribution in [0, 0.1) is 5.92 Å². The summed E-state index contributed by atoms with van der Waals surface area (Å²) >= 11 is 0. The van der Waals surface area contributed by atoms with Gasteiger partial charge in [-0.1, -0.05) is 44.0 Å². The third-order valence-corrected chi connectivity index (χ3v) is 7.32. The molecule has 2 fully saturated rings. The minimum atomic E-state index is 0.213. The Morgan fingerprint density at radius 2 is 1.88 bits per heavy atom. The smallest absolute Gasteiger partial charge is 0.225 e. The van der Waals surface area contributed by atoms with Crippen LogP contribution < -0.4 is 0 Å². The van der Waals surface area contributed by atoms with Gasteiger partial charge < -0.3 is 4.90 Å². The third-order valence-electron chi connectivity index (χ3n) is 7.32. The van der Waals surface area contributed by atoms with Crippen molar-refractivity contribution >= 4 is 5.91 Å². The molecule has 0 radical (unpaired) electrons.